The molecule has 19 heavy (non-hydrogen) atoms. The summed E-state index contributed by atoms with van der Waals surface area (Å²) in [5.41, 5.74) is 6.60. The third kappa shape index (κ3) is 3.22. The number of carbonyl (C=O) groups is 1. The molecule has 0 aliphatic carbocycles. The number of pyridine rings is 1. The average molecular weight is 257 g/mol. The van der Waals surface area contributed by atoms with Gasteiger partial charge in [0.2, 0.25) is 5.91 Å². The quantitative estimate of drug-likeness (QED) is 0.856. The molecule has 98 valence electrons. The van der Waals surface area contributed by atoms with Crippen molar-refractivity contribution in [3.8, 4) is 5.75 Å². The monoisotopic (exact) mass is 257 g/mol. The fourth-order valence-corrected chi connectivity index (χ4v) is 1.66. The van der Waals surface area contributed by atoms with Crippen molar-refractivity contribution >= 4 is 11.7 Å². The molecule has 0 bridgehead atoms. The highest BCUT2D eigenvalue weighted by Crippen LogP contribution is 2.16. The number of ether oxygens (including phenoxy) is 1. The van der Waals surface area contributed by atoms with Gasteiger partial charge in [-0.25, -0.2) is 4.98 Å². The maximum absolute atomic E-state index is 10.9. The van der Waals surface area contributed by atoms with E-state index >= 15 is 0 Å². The lowest BCUT2D eigenvalue weighted by Crippen LogP contribution is -2.10. The Morgan fingerprint density at radius 1 is 1.32 bits per heavy atom. The number of aromatic nitrogens is 1. The number of carbonyl (C=O) groups excluding carboxylic acids is 1. The highest BCUT2D eigenvalue weighted by atomic mass is 16.5. The first-order valence-corrected chi connectivity index (χ1v) is 5.85. The number of benzene rings is 1. The summed E-state index contributed by atoms with van der Waals surface area (Å²) in [6.45, 7) is 0.403. The lowest BCUT2D eigenvalue weighted by Gasteiger charge is -2.09. The topological polar surface area (TPSA) is 77.2 Å². The lowest BCUT2D eigenvalue weighted by molar-refractivity contribution is 0.100. The number of nitrogens with two attached hydrogens (primary N) is 1. The standard InChI is InChI=1S/C14H15N3O2/c1-16-14-11(3-2-8-17-14)9-19-12-6-4-10(5-7-12)13(15)18/h2-8H,9H2,1H3,(H2,15,18)(H,16,17). The molecule has 0 fully saturated rings. The van der Waals surface area contributed by atoms with Gasteiger partial charge in [-0.15, -0.1) is 0 Å². The molecule has 0 unspecified atom stereocenters. The van der Waals surface area contributed by atoms with Crippen molar-refractivity contribution in [1.29, 1.82) is 0 Å². The zero-order chi connectivity index (χ0) is 13.7. The molecule has 1 heterocycles. The van der Waals surface area contributed by atoms with Gasteiger partial charge in [-0.1, -0.05) is 6.07 Å². The molecule has 0 radical (unpaired) electrons. The summed E-state index contributed by atoms with van der Waals surface area (Å²) >= 11 is 0. The van der Waals surface area contributed by atoms with E-state index in [4.69, 9.17) is 10.5 Å². The first-order chi connectivity index (χ1) is 9.20. The van der Waals surface area contributed by atoms with Crippen molar-refractivity contribution in [2.24, 2.45) is 5.73 Å². The molecule has 3 N–H and O–H groups in total. The van der Waals surface area contributed by atoms with Gasteiger partial charge in [0.15, 0.2) is 0 Å². The molecule has 0 spiro atoms. The van der Waals surface area contributed by atoms with Crippen molar-refractivity contribution < 1.29 is 9.53 Å². The molecule has 5 nitrogen and oxygen atoms in total. The number of rotatable bonds is 5. The van der Waals surface area contributed by atoms with E-state index in [1.807, 2.05) is 19.2 Å². The predicted molar refractivity (Wildman–Crippen MR) is 73.1 cm³/mol. The highest BCUT2D eigenvalue weighted by molar-refractivity contribution is 5.92. The van der Waals surface area contributed by atoms with Crippen LogP contribution in [-0.2, 0) is 6.61 Å². The number of hydrogen-bond acceptors (Lipinski definition) is 4. The van der Waals surface area contributed by atoms with E-state index in [9.17, 15) is 4.79 Å². The number of nitrogens with one attached hydrogen (secondary N) is 1. The van der Waals surface area contributed by atoms with E-state index in [2.05, 4.69) is 10.3 Å². The Morgan fingerprint density at radius 3 is 2.68 bits per heavy atom. The fraction of sp³-hybridized carbons (Fsp3) is 0.143. The molecule has 0 aliphatic rings. The summed E-state index contributed by atoms with van der Waals surface area (Å²) in [5.74, 6) is 1.02. The fourth-order valence-electron chi connectivity index (χ4n) is 1.66. The van der Waals surface area contributed by atoms with Crippen LogP contribution in [-0.4, -0.2) is 17.9 Å². The van der Waals surface area contributed by atoms with Crippen LogP contribution in [0.5, 0.6) is 5.75 Å². The van der Waals surface area contributed by atoms with Crippen molar-refractivity contribution in [3.63, 3.8) is 0 Å². The Bertz CT molecular complexity index is 567. The largest absolute Gasteiger partial charge is 0.489 e. The van der Waals surface area contributed by atoms with E-state index in [-0.39, 0.29) is 0 Å². The van der Waals surface area contributed by atoms with E-state index < -0.39 is 5.91 Å². The van der Waals surface area contributed by atoms with Gasteiger partial charge in [-0.05, 0) is 30.3 Å². The Labute approximate surface area is 111 Å². The second-order valence-corrected chi connectivity index (χ2v) is 3.94. The lowest BCUT2D eigenvalue weighted by atomic mass is 10.2. The SMILES string of the molecule is CNc1ncccc1COc1ccc(C(N)=O)cc1. The van der Waals surface area contributed by atoms with Crippen LogP contribution in [0.2, 0.25) is 0 Å². The molecule has 1 amide bonds. The van der Waals surface area contributed by atoms with E-state index in [1.165, 1.54) is 0 Å². The minimum atomic E-state index is -0.448. The number of primary amides is 1. The minimum Gasteiger partial charge on any atom is -0.489 e. The highest BCUT2D eigenvalue weighted by Gasteiger charge is 2.03. The number of anilines is 1. The smallest absolute Gasteiger partial charge is 0.248 e. The normalized spacial score (nSPS) is 9.95. The van der Waals surface area contributed by atoms with Crippen LogP contribution >= 0.6 is 0 Å². The van der Waals surface area contributed by atoms with Gasteiger partial charge in [0.05, 0.1) is 0 Å². The van der Waals surface area contributed by atoms with Gasteiger partial charge in [-0.3, -0.25) is 4.79 Å². The molecule has 0 aliphatic heterocycles. The van der Waals surface area contributed by atoms with E-state index in [1.54, 1.807) is 30.5 Å². The maximum atomic E-state index is 10.9. The average Bonchev–Trinajstić information content (AvgIpc) is 2.45. The molecule has 0 atom stereocenters. The number of hydrogen-bond donors (Lipinski definition) is 2. The van der Waals surface area contributed by atoms with Crippen LogP contribution in [0.4, 0.5) is 5.82 Å². The Balaban J connectivity index is 2.04. The molecule has 0 saturated heterocycles. The van der Waals surface area contributed by atoms with Crippen molar-refractivity contribution in [2.75, 3.05) is 12.4 Å². The minimum absolute atomic E-state index is 0.403. The second kappa shape index (κ2) is 5.86. The molecular weight excluding hydrogens is 242 g/mol. The Morgan fingerprint density at radius 2 is 2.05 bits per heavy atom. The molecule has 5 heteroatoms. The summed E-state index contributed by atoms with van der Waals surface area (Å²) in [6, 6.07) is 10.5. The summed E-state index contributed by atoms with van der Waals surface area (Å²) in [4.78, 5) is 15.1. The van der Waals surface area contributed by atoms with Crippen LogP contribution in [0, 0.1) is 0 Å². The van der Waals surface area contributed by atoms with Crippen LogP contribution < -0.4 is 15.8 Å². The zero-order valence-corrected chi connectivity index (χ0v) is 10.6. The van der Waals surface area contributed by atoms with Gasteiger partial charge in [0.25, 0.3) is 0 Å². The van der Waals surface area contributed by atoms with Gasteiger partial charge in [0.1, 0.15) is 18.2 Å². The van der Waals surface area contributed by atoms with Crippen molar-refractivity contribution in [1.82, 2.24) is 4.98 Å². The third-order valence-corrected chi connectivity index (χ3v) is 2.66. The molecular formula is C14H15N3O2. The third-order valence-electron chi connectivity index (χ3n) is 2.66. The second-order valence-electron chi connectivity index (χ2n) is 3.94. The van der Waals surface area contributed by atoms with Crippen LogP contribution in [0.25, 0.3) is 0 Å². The molecule has 1 aromatic carbocycles. The van der Waals surface area contributed by atoms with Gasteiger partial charge >= 0.3 is 0 Å². The number of amides is 1. The van der Waals surface area contributed by atoms with E-state index in [0.717, 1.165) is 11.4 Å². The molecule has 1 aromatic heterocycles. The first kappa shape index (κ1) is 12.9. The summed E-state index contributed by atoms with van der Waals surface area (Å²) in [5, 5.41) is 3.00. The van der Waals surface area contributed by atoms with Gasteiger partial charge in [-0.2, -0.15) is 0 Å². The van der Waals surface area contributed by atoms with Crippen LogP contribution in [0.15, 0.2) is 42.6 Å². The van der Waals surface area contributed by atoms with E-state index in [0.29, 0.717) is 17.9 Å². The summed E-state index contributed by atoms with van der Waals surface area (Å²) in [6.07, 6.45) is 1.72. The molecule has 2 aromatic rings. The van der Waals surface area contributed by atoms with Crippen molar-refractivity contribution in [2.45, 2.75) is 6.61 Å². The zero-order valence-electron chi connectivity index (χ0n) is 10.6. The molecule has 0 saturated carbocycles. The van der Waals surface area contributed by atoms with Crippen molar-refractivity contribution in [3.05, 3.63) is 53.7 Å². The van der Waals surface area contributed by atoms with Crippen LogP contribution in [0.1, 0.15) is 15.9 Å². The summed E-state index contributed by atoms with van der Waals surface area (Å²) in [7, 11) is 1.81. The Hall–Kier alpha value is -2.56. The Kier molecular flexibility index (Phi) is 3.97. The van der Waals surface area contributed by atoms with Gasteiger partial charge in [0, 0.05) is 24.4 Å². The summed E-state index contributed by atoms with van der Waals surface area (Å²) < 4.78 is 5.64. The van der Waals surface area contributed by atoms with Crippen LogP contribution in [0.3, 0.4) is 0 Å². The maximum Gasteiger partial charge on any atom is 0.248 e. The van der Waals surface area contributed by atoms with Gasteiger partial charge < -0.3 is 15.8 Å². The molecule has 2 rings (SSSR count). The predicted octanol–water partition coefficient (Wildman–Crippen LogP) is 1.80. The number of nitrogens with zero attached hydrogens (tertiary/aromatic N) is 1. The first-order valence-electron chi connectivity index (χ1n) is 5.85.